The average molecular weight is 283 g/mol. The smallest absolute Gasteiger partial charge is 0.340 e. The van der Waals surface area contributed by atoms with Crippen LogP contribution in [0.5, 0.6) is 0 Å². The zero-order valence-corrected chi connectivity index (χ0v) is 12.5. The van der Waals surface area contributed by atoms with E-state index in [1.807, 2.05) is 25.8 Å². The van der Waals surface area contributed by atoms with Crippen LogP contribution >= 0.6 is 0 Å². The molecule has 0 spiro atoms. The molecule has 0 bridgehead atoms. The predicted octanol–water partition coefficient (Wildman–Crippen LogP) is 2.47. The van der Waals surface area contributed by atoms with Gasteiger partial charge in [-0.05, 0) is 38.6 Å². The lowest BCUT2D eigenvalue weighted by Crippen LogP contribution is -2.24. The lowest BCUT2D eigenvalue weighted by molar-refractivity contribution is 0.0595. The van der Waals surface area contributed by atoms with E-state index < -0.39 is 11.8 Å². The van der Waals surface area contributed by atoms with Gasteiger partial charge in [-0.25, -0.2) is 9.18 Å². The Bertz CT molecular complexity index is 449. The fourth-order valence-corrected chi connectivity index (χ4v) is 1.77. The van der Waals surface area contributed by atoms with Gasteiger partial charge in [-0.2, -0.15) is 0 Å². The minimum absolute atomic E-state index is 0.0398. The summed E-state index contributed by atoms with van der Waals surface area (Å²) in [5.74, 6) is -1.21. The zero-order chi connectivity index (χ0) is 15.1. The van der Waals surface area contributed by atoms with Crippen LogP contribution in [0.3, 0.4) is 0 Å². The predicted molar refractivity (Wildman–Crippen MR) is 75.2 cm³/mol. The van der Waals surface area contributed by atoms with E-state index in [0.717, 1.165) is 12.1 Å². The van der Waals surface area contributed by atoms with Gasteiger partial charge >= 0.3 is 5.97 Å². The van der Waals surface area contributed by atoms with Crippen molar-refractivity contribution in [3.05, 3.63) is 35.1 Å². The van der Waals surface area contributed by atoms with Crippen molar-refractivity contribution in [2.75, 3.05) is 27.3 Å². The lowest BCUT2D eigenvalue weighted by Gasteiger charge is -2.18. The van der Waals surface area contributed by atoms with E-state index in [1.54, 1.807) is 6.07 Å². The van der Waals surface area contributed by atoms with Crippen molar-refractivity contribution in [2.45, 2.75) is 26.5 Å². The van der Waals surface area contributed by atoms with Gasteiger partial charge in [0.15, 0.2) is 0 Å². The first-order valence-corrected chi connectivity index (χ1v) is 6.61. The van der Waals surface area contributed by atoms with Crippen LogP contribution in [0, 0.1) is 5.82 Å². The molecule has 5 heteroatoms. The largest absolute Gasteiger partial charge is 0.465 e. The van der Waals surface area contributed by atoms with Crippen LogP contribution in [0.1, 0.15) is 29.8 Å². The number of ether oxygens (including phenoxy) is 2. The van der Waals surface area contributed by atoms with Crippen LogP contribution in [0.2, 0.25) is 0 Å². The second kappa shape index (κ2) is 7.97. The first-order chi connectivity index (χ1) is 9.43. The second-order valence-electron chi connectivity index (χ2n) is 4.96. The molecular formula is C15H22FNO3. The number of carbonyl (C=O) groups excluding carboxylic acids is 1. The van der Waals surface area contributed by atoms with Gasteiger partial charge in [0.25, 0.3) is 0 Å². The molecule has 1 rings (SSSR count). The molecule has 0 heterocycles. The Hall–Kier alpha value is -1.46. The second-order valence-corrected chi connectivity index (χ2v) is 4.96. The lowest BCUT2D eigenvalue weighted by atomic mass is 10.1. The van der Waals surface area contributed by atoms with Gasteiger partial charge in [-0.15, -0.1) is 0 Å². The molecule has 20 heavy (non-hydrogen) atoms. The number of halogens is 1. The molecule has 0 aliphatic heterocycles. The van der Waals surface area contributed by atoms with Gasteiger partial charge in [0.2, 0.25) is 0 Å². The van der Waals surface area contributed by atoms with E-state index in [4.69, 9.17) is 4.74 Å². The third-order valence-corrected chi connectivity index (χ3v) is 2.82. The number of esters is 1. The highest BCUT2D eigenvalue weighted by Crippen LogP contribution is 2.13. The van der Waals surface area contributed by atoms with Crippen molar-refractivity contribution >= 4 is 5.97 Å². The van der Waals surface area contributed by atoms with Crippen molar-refractivity contribution in [3.8, 4) is 0 Å². The number of carbonyl (C=O) groups is 1. The Morgan fingerprint density at radius 2 is 2.10 bits per heavy atom. The highest BCUT2D eigenvalue weighted by atomic mass is 19.1. The summed E-state index contributed by atoms with van der Waals surface area (Å²) in [4.78, 5) is 13.3. The molecule has 1 aromatic rings. The van der Waals surface area contributed by atoms with Crippen LogP contribution < -0.4 is 0 Å². The Kier molecular flexibility index (Phi) is 6.61. The van der Waals surface area contributed by atoms with Crippen molar-refractivity contribution in [2.24, 2.45) is 0 Å². The average Bonchev–Trinajstić information content (AvgIpc) is 2.37. The van der Waals surface area contributed by atoms with E-state index in [-0.39, 0.29) is 11.7 Å². The Balaban J connectivity index is 2.56. The van der Waals surface area contributed by atoms with Gasteiger partial charge in [0, 0.05) is 13.1 Å². The summed E-state index contributed by atoms with van der Waals surface area (Å²) in [6, 6.07) is 4.55. The molecule has 112 valence electrons. The molecule has 0 unspecified atom stereocenters. The Labute approximate surface area is 119 Å². The first-order valence-electron chi connectivity index (χ1n) is 6.61. The number of benzene rings is 1. The molecule has 0 aliphatic rings. The number of rotatable bonds is 7. The molecule has 0 radical (unpaired) electrons. The quantitative estimate of drug-likeness (QED) is 0.721. The molecule has 0 fully saturated rings. The molecule has 0 saturated carbocycles. The third kappa shape index (κ3) is 5.27. The van der Waals surface area contributed by atoms with Crippen LogP contribution in [-0.4, -0.2) is 44.3 Å². The topological polar surface area (TPSA) is 38.8 Å². The van der Waals surface area contributed by atoms with Crippen molar-refractivity contribution < 1.29 is 18.7 Å². The van der Waals surface area contributed by atoms with Crippen LogP contribution in [-0.2, 0) is 16.0 Å². The van der Waals surface area contributed by atoms with Gasteiger partial charge in [-0.1, -0.05) is 6.07 Å². The zero-order valence-electron chi connectivity index (χ0n) is 12.5. The van der Waals surface area contributed by atoms with Crippen LogP contribution in [0.15, 0.2) is 18.2 Å². The molecule has 4 nitrogen and oxygen atoms in total. The number of nitrogens with zero attached hydrogens (tertiary/aromatic N) is 1. The van der Waals surface area contributed by atoms with Gasteiger partial charge in [-0.3, -0.25) is 4.90 Å². The summed E-state index contributed by atoms with van der Waals surface area (Å²) in [6.07, 6.45) is 0.209. The molecule has 1 aromatic carbocycles. The maximum Gasteiger partial charge on any atom is 0.340 e. The molecule has 0 saturated heterocycles. The monoisotopic (exact) mass is 283 g/mol. The highest BCUT2D eigenvalue weighted by molar-refractivity contribution is 5.89. The number of hydrogen-bond acceptors (Lipinski definition) is 4. The van der Waals surface area contributed by atoms with E-state index in [2.05, 4.69) is 4.74 Å². The van der Waals surface area contributed by atoms with Gasteiger partial charge in [0.1, 0.15) is 5.82 Å². The standard InChI is InChI=1S/C15H22FNO3/c1-11(2)20-8-7-17(3)10-12-5-6-13(14(16)9-12)15(18)19-4/h5-6,9,11H,7-8,10H2,1-4H3. The SMILES string of the molecule is COC(=O)c1ccc(CN(C)CCOC(C)C)cc1F. The van der Waals surface area contributed by atoms with Crippen LogP contribution in [0.25, 0.3) is 0 Å². The van der Waals surface area contributed by atoms with Crippen molar-refractivity contribution in [1.82, 2.24) is 4.90 Å². The summed E-state index contributed by atoms with van der Waals surface area (Å²) in [7, 11) is 3.17. The third-order valence-electron chi connectivity index (χ3n) is 2.82. The summed E-state index contributed by atoms with van der Waals surface area (Å²) in [6.45, 7) is 5.97. The maximum absolute atomic E-state index is 13.8. The number of likely N-dealkylation sites (N-methyl/N-ethyl adjacent to an activating group) is 1. The van der Waals surface area contributed by atoms with Crippen molar-refractivity contribution in [1.29, 1.82) is 0 Å². The van der Waals surface area contributed by atoms with Crippen LogP contribution in [0.4, 0.5) is 4.39 Å². The Morgan fingerprint density at radius 3 is 2.65 bits per heavy atom. The van der Waals surface area contributed by atoms with E-state index in [9.17, 15) is 9.18 Å². The van der Waals surface area contributed by atoms with E-state index in [1.165, 1.54) is 19.2 Å². The summed E-state index contributed by atoms with van der Waals surface area (Å²) >= 11 is 0. The van der Waals surface area contributed by atoms with Gasteiger partial charge < -0.3 is 9.47 Å². The Morgan fingerprint density at radius 1 is 1.40 bits per heavy atom. The molecular weight excluding hydrogens is 261 g/mol. The van der Waals surface area contributed by atoms with Crippen molar-refractivity contribution in [3.63, 3.8) is 0 Å². The number of methoxy groups -OCH3 is 1. The summed E-state index contributed by atoms with van der Waals surface area (Å²) < 4.78 is 23.7. The fourth-order valence-electron chi connectivity index (χ4n) is 1.77. The molecule has 0 N–H and O–H groups in total. The van der Waals surface area contributed by atoms with E-state index >= 15 is 0 Å². The molecule has 0 atom stereocenters. The minimum Gasteiger partial charge on any atom is -0.465 e. The number of hydrogen-bond donors (Lipinski definition) is 0. The molecule has 0 amide bonds. The summed E-state index contributed by atoms with van der Waals surface area (Å²) in [5, 5.41) is 0. The summed E-state index contributed by atoms with van der Waals surface area (Å²) in [5.41, 5.74) is 0.768. The minimum atomic E-state index is -0.660. The normalized spacial score (nSPS) is 11.2. The van der Waals surface area contributed by atoms with Gasteiger partial charge in [0.05, 0.1) is 25.4 Å². The first kappa shape index (κ1) is 16.6. The molecule has 0 aromatic heterocycles. The fraction of sp³-hybridized carbons (Fsp3) is 0.533. The maximum atomic E-state index is 13.8. The highest BCUT2D eigenvalue weighted by Gasteiger charge is 2.12. The van der Waals surface area contributed by atoms with E-state index in [0.29, 0.717) is 13.2 Å². The molecule has 0 aliphatic carbocycles.